The predicted molar refractivity (Wildman–Crippen MR) is 103 cm³/mol. The average molecular weight is 393 g/mol. The van der Waals surface area contributed by atoms with Crippen molar-refractivity contribution < 1.29 is 27.8 Å². The standard InChI is InChI=1S/C21H25F2NO4/c1-4-26-20-13-16(9-10-19(20)28-21(22)23)14-24(3)11-12-27-18-8-6-5-7-17(18)15(2)25/h5-10,13,21H,4,11-12,14H2,1-3H3. The number of carbonyl (C=O) groups excluding carboxylic acids is 1. The first-order chi connectivity index (χ1) is 13.4. The second-order valence-corrected chi connectivity index (χ2v) is 6.23. The molecule has 0 aliphatic heterocycles. The molecule has 2 rings (SSSR count). The van der Waals surface area contributed by atoms with E-state index >= 15 is 0 Å². The largest absolute Gasteiger partial charge is 0.491 e. The maximum atomic E-state index is 12.5. The SMILES string of the molecule is CCOc1cc(CN(C)CCOc2ccccc2C(C)=O)ccc1OC(F)F. The first kappa shape index (κ1) is 21.6. The number of para-hydroxylation sites is 1. The lowest BCUT2D eigenvalue weighted by Crippen LogP contribution is -2.24. The molecule has 0 saturated carbocycles. The summed E-state index contributed by atoms with van der Waals surface area (Å²) in [4.78, 5) is 13.6. The minimum Gasteiger partial charge on any atom is -0.491 e. The highest BCUT2D eigenvalue weighted by atomic mass is 19.3. The molecule has 0 atom stereocenters. The summed E-state index contributed by atoms with van der Waals surface area (Å²) in [5.74, 6) is 0.835. The minimum atomic E-state index is -2.90. The smallest absolute Gasteiger partial charge is 0.387 e. The van der Waals surface area contributed by atoms with E-state index in [1.165, 1.54) is 13.0 Å². The Bertz CT molecular complexity index is 783. The molecule has 0 bridgehead atoms. The van der Waals surface area contributed by atoms with Crippen LogP contribution in [-0.2, 0) is 6.54 Å². The Hall–Kier alpha value is -2.67. The van der Waals surface area contributed by atoms with Gasteiger partial charge in [-0.15, -0.1) is 0 Å². The minimum absolute atomic E-state index is 0.0208. The lowest BCUT2D eigenvalue weighted by molar-refractivity contribution is -0.0514. The van der Waals surface area contributed by atoms with E-state index in [0.717, 1.165) is 5.56 Å². The zero-order valence-corrected chi connectivity index (χ0v) is 16.3. The quantitative estimate of drug-likeness (QED) is 0.530. The third kappa shape index (κ3) is 6.49. The number of Topliss-reactive ketones (excluding diaryl/α,β-unsaturated/α-hetero) is 1. The molecule has 0 unspecified atom stereocenters. The fourth-order valence-corrected chi connectivity index (χ4v) is 2.70. The molecule has 5 nitrogen and oxygen atoms in total. The van der Waals surface area contributed by atoms with Gasteiger partial charge in [0.05, 0.1) is 12.2 Å². The summed E-state index contributed by atoms with van der Waals surface area (Å²) in [6.07, 6.45) is 0. The number of hydrogen-bond donors (Lipinski definition) is 0. The van der Waals surface area contributed by atoms with Crippen molar-refractivity contribution in [2.45, 2.75) is 27.0 Å². The third-order valence-electron chi connectivity index (χ3n) is 3.97. The van der Waals surface area contributed by atoms with Crippen LogP contribution in [0.1, 0.15) is 29.8 Å². The van der Waals surface area contributed by atoms with Gasteiger partial charge in [-0.1, -0.05) is 18.2 Å². The van der Waals surface area contributed by atoms with Crippen molar-refractivity contribution in [1.29, 1.82) is 0 Å². The van der Waals surface area contributed by atoms with Crippen LogP contribution in [0.25, 0.3) is 0 Å². The van der Waals surface area contributed by atoms with Gasteiger partial charge in [-0.3, -0.25) is 9.69 Å². The molecule has 0 saturated heterocycles. The molecule has 0 aromatic heterocycles. The summed E-state index contributed by atoms with van der Waals surface area (Å²) in [6, 6.07) is 12.0. The van der Waals surface area contributed by atoms with Crippen molar-refractivity contribution in [3.8, 4) is 17.2 Å². The Morgan fingerprint density at radius 2 is 1.82 bits per heavy atom. The highest BCUT2D eigenvalue weighted by Crippen LogP contribution is 2.30. The summed E-state index contributed by atoms with van der Waals surface area (Å²) >= 11 is 0. The van der Waals surface area contributed by atoms with E-state index in [4.69, 9.17) is 9.47 Å². The van der Waals surface area contributed by atoms with Crippen LogP contribution in [0.4, 0.5) is 8.78 Å². The van der Waals surface area contributed by atoms with Gasteiger partial charge in [-0.05, 0) is 50.7 Å². The van der Waals surface area contributed by atoms with E-state index in [2.05, 4.69) is 4.74 Å². The Balaban J connectivity index is 1.93. The summed E-state index contributed by atoms with van der Waals surface area (Å²) in [7, 11) is 1.92. The Morgan fingerprint density at radius 3 is 2.50 bits per heavy atom. The van der Waals surface area contributed by atoms with E-state index in [0.29, 0.717) is 43.4 Å². The van der Waals surface area contributed by atoms with Gasteiger partial charge in [-0.25, -0.2) is 0 Å². The third-order valence-corrected chi connectivity index (χ3v) is 3.97. The number of nitrogens with zero attached hydrogens (tertiary/aromatic N) is 1. The monoisotopic (exact) mass is 393 g/mol. The number of alkyl halides is 2. The molecular formula is C21H25F2NO4. The summed E-state index contributed by atoms with van der Waals surface area (Å²) in [5.41, 5.74) is 1.46. The van der Waals surface area contributed by atoms with E-state index in [-0.39, 0.29) is 11.5 Å². The van der Waals surface area contributed by atoms with Gasteiger partial charge in [0.25, 0.3) is 0 Å². The van der Waals surface area contributed by atoms with Crippen LogP contribution >= 0.6 is 0 Å². The number of ketones is 1. The lowest BCUT2D eigenvalue weighted by Gasteiger charge is -2.19. The van der Waals surface area contributed by atoms with Crippen molar-refractivity contribution in [2.75, 3.05) is 26.8 Å². The molecule has 2 aromatic rings. The summed E-state index contributed by atoms with van der Waals surface area (Å²) in [6.45, 7) is 2.33. The van der Waals surface area contributed by atoms with Gasteiger partial charge in [0, 0.05) is 13.1 Å². The fraction of sp³-hybridized carbons (Fsp3) is 0.381. The topological polar surface area (TPSA) is 48.0 Å². The lowest BCUT2D eigenvalue weighted by atomic mass is 10.1. The van der Waals surface area contributed by atoms with E-state index < -0.39 is 6.61 Å². The van der Waals surface area contributed by atoms with Gasteiger partial charge >= 0.3 is 6.61 Å². The molecule has 28 heavy (non-hydrogen) atoms. The molecule has 2 aromatic carbocycles. The van der Waals surface area contributed by atoms with E-state index in [9.17, 15) is 13.6 Å². The molecular weight excluding hydrogens is 368 g/mol. The Kier molecular flexibility index (Phi) is 8.19. The molecule has 0 aliphatic carbocycles. The maximum Gasteiger partial charge on any atom is 0.387 e. The van der Waals surface area contributed by atoms with Crippen LogP contribution in [0.5, 0.6) is 17.2 Å². The zero-order valence-electron chi connectivity index (χ0n) is 16.3. The van der Waals surface area contributed by atoms with Crippen LogP contribution in [0.2, 0.25) is 0 Å². The van der Waals surface area contributed by atoms with Crippen molar-refractivity contribution in [2.24, 2.45) is 0 Å². The van der Waals surface area contributed by atoms with Gasteiger partial charge in [0.1, 0.15) is 12.4 Å². The van der Waals surface area contributed by atoms with Crippen molar-refractivity contribution in [1.82, 2.24) is 4.90 Å². The second kappa shape index (κ2) is 10.6. The molecule has 0 N–H and O–H groups in total. The van der Waals surface area contributed by atoms with Crippen LogP contribution < -0.4 is 14.2 Å². The first-order valence-electron chi connectivity index (χ1n) is 9.02. The fourth-order valence-electron chi connectivity index (χ4n) is 2.70. The number of rotatable bonds is 11. The molecule has 0 amide bonds. The molecule has 0 radical (unpaired) electrons. The molecule has 0 fully saturated rings. The molecule has 0 spiro atoms. The molecule has 0 heterocycles. The van der Waals surface area contributed by atoms with Crippen LogP contribution in [0.3, 0.4) is 0 Å². The summed E-state index contributed by atoms with van der Waals surface area (Å²) in [5, 5.41) is 0. The normalized spacial score (nSPS) is 11.0. The Morgan fingerprint density at radius 1 is 1.07 bits per heavy atom. The highest BCUT2D eigenvalue weighted by molar-refractivity contribution is 5.96. The van der Waals surface area contributed by atoms with Gasteiger partial charge in [-0.2, -0.15) is 8.78 Å². The van der Waals surface area contributed by atoms with Crippen LogP contribution in [-0.4, -0.2) is 44.1 Å². The molecule has 7 heteroatoms. The predicted octanol–water partition coefficient (Wildman–Crippen LogP) is 4.40. The van der Waals surface area contributed by atoms with Crippen molar-refractivity contribution >= 4 is 5.78 Å². The van der Waals surface area contributed by atoms with Crippen LogP contribution in [0.15, 0.2) is 42.5 Å². The average Bonchev–Trinajstić information content (AvgIpc) is 2.64. The van der Waals surface area contributed by atoms with Crippen LogP contribution in [0, 0.1) is 0 Å². The van der Waals surface area contributed by atoms with E-state index in [1.807, 2.05) is 18.0 Å². The second-order valence-electron chi connectivity index (χ2n) is 6.23. The van der Waals surface area contributed by atoms with Crippen molar-refractivity contribution in [3.63, 3.8) is 0 Å². The van der Waals surface area contributed by atoms with Gasteiger partial charge in [0.2, 0.25) is 0 Å². The molecule has 152 valence electrons. The number of hydrogen-bond acceptors (Lipinski definition) is 5. The van der Waals surface area contributed by atoms with Gasteiger partial charge in [0.15, 0.2) is 17.3 Å². The number of ether oxygens (including phenoxy) is 3. The summed E-state index contributed by atoms with van der Waals surface area (Å²) < 4.78 is 40.6. The van der Waals surface area contributed by atoms with E-state index in [1.54, 1.807) is 37.3 Å². The van der Waals surface area contributed by atoms with Gasteiger partial charge < -0.3 is 14.2 Å². The Labute approximate surface area is 163 Å². The number of halogens is 2. The number of likely N-dealkylation sites (N-methyl/N-ethyl adjacent to an activating group) is 1. The zero-order chi connectivity index (χ0) is 20.5. The number of carbonyl (C=O) groups is 1. The highest BCUT2D eigenvalue weighted by Gasteiger charge is 2.13. The van der Waals surface area contributed by atoms with Crippen molar-refractivity contribution in [3.05, 3.63) is 53.6 Å². The number of benzene rings is 2. The molecule has 0 aliphatic rings. The first-order valence-corrected chi connectivity index (χ1v) is 9.02. The maximum absolute atomic E-state index is 12.5.